The Morgan fingerprint density at radius 1 is 1.00 bits per heavy atom. The molecule has 0 radical (unpaired) electrons. The molecule has 128 valence electrons. The fourth-order valence-electron chi connectivity index (χ4n) is 2.32. The Morgan fingerprint density at radius 3 is 2.29 bits per heavy atom. The number of hydrogen-bond acceptors (Lipinski definition) is 3. The smallest absolute Gasteiger partial charge is 0.336 e. The van der Waals surface area contributed by atoms with Gasteiger partial charge in [0.25, 0.3) is 0 Å². The summed E-state index contributed by atoms with van der Waals surface area (Å²) in [5.74, 6) is 0. The van der Waals surface area contributed by atoms with Crippen molar-refractivity contribution in [1.82, 2.24) is 15.7 Å². The lowest BCUT2D eigenvalue weighted by molar-refractivity contribution is 0.0490. The van der Waals surface area contributed by atoms with Crippen molar-refractivity contribution in [3.05, 3.63) is 71.8 Å². The zero-order chi connectivity index (χ0) is 17.0. The van der Waals surface area contributed by atoms with Crippen molar-refractivity contribution in [1.29, 1.82) is 0 Å². The highest BCUT2D eigenvalue weighted by Gasteiger charge is 2.02. The molecule has 0 aliphatic heterocycles. The molecular formula is C19H25N3O2. The molecule has 0 aromatic heterocycles. The van der Waals surface area contributed by atoms with E-state index in [1.165, 1.54) is 5.56 Å². The molecule has 2 aromatic rings. The SMILES string of the molecule is CN(CCCNC(=O)NOCc1ccccc1)Cc1ccccc1. The fourth-order valence-corrected chi connectivity index (χ4v) is 2.32. The van der Waals surface area contributed by atoms with Crippen molar-refractivity contribution < 1.29 is 9.63 Å². The van der Waals surface area contributed by atoms with E-state index >= 15 is 0 Å². The van der Waals surface area contributed by atoms with E-state index in [9.17, 15) is 4.79 Å². The number of carbonyl (C=O) groups is 1. The average Bonchev–Trinajstić information content (AvgIpc) is 2.60. The van der Waals surface area contributed by atoms with Gasteiger partial charge in [-0.1, -0.05) is 60.7 Å². The van der Waals surface area contributed by atoms with E-state index < -0.39 is 0 Å². The van der Waals surface area contributed by atoms with Crippen LogP contribution in [0.25, 0.3) is 0 Å². The minimum atomic E-state index is -0.309. The minimum Gasteiger partial charge on any atom is -0.336 e. The van der Waals surface area contributed by atoms with Gasteiger partial charge in [-0.05, 0) is 31.1 Å². The van der Waals surface area contributed by atoms with E-state index in [4.69, 9.17) is 4.84 Å². The normalized spacial score (nSPS) is 10.6. The molecule has 0 aliphatic carbocycles. The summed E-state index contributed by atoms with van der Waals surface area (Å²) in [4.78, 5) is 19.0. The van der Waals surface area contributed by atoms with Crippen LogP contribution in [0.15, 0.2) is 60.7 Å². The number of hydrogen-bond donors (Lipinski definition) is 2. The predicted octanol–water partition coefficient (Wildman–Crippen LogP) is 2.94. The van der Waals surface area contributed by atoms with Gasteiger partial charge in [0.15, 0.2) is 0 Å². The monoisotopic (exact) mass is 327 g/mol. The largest absolute Gasteiger partial charge is 0.338 e. The molecule has 0 heterocycles. The molecule has 0 saturated heterocycles. The van der Waals surface area contributed by atoms with Crippen molar-refractivity contribution in [2.24, 2.45) is 0 Å². The topological polar surface area (TPSA) is 53.6 Å². The lowest BCUT2D eigenvalue weighted by atomic mass is 10.2. The van der Waals surface area contributed by atoms with Gasteiger partial charge >= 0.3 is 6.03 Å². The second kappa shape index (κ2) is 10.4. The second-order valence-corrected chi connectivity index (χ2v) is 5.71. The van der Waals surface area contributed by atoms with Gasteiger partial charge in [-0.15, -0.1) is 0 Å². The highest BCUT2D eigenvalue weighted by Crippen LogP contribution is 2.02. The van der Waals surface area contributed by atoms with E-state index in [-0.39, 0.29) is 6.03 Å². The molecule has 24 heavy (non-hydrogen) atoms. The molecule has 5 nitrogen and oxygen atoms in total. The number of urea groups is 1. The summed E-state index contributed by atoms with van der Waals surface area (Å²) >= 11 is 0. The summed E-state index contributed by atoms with van der Waals surface area (Å²) < 4.78 is 0. The maximum atomic E-state index is 11.6. The van der Waals surface area contributed by atoms with Gasteiger partial charge in [0.2, 0.25) is 0 Å². The molecular weight excluding hydrogens is 302 g/mol. The van der Waals surface area contributed by atoms with Crippen LogP contribution in [0.3, 0.4) is 0 Å². The Hall–Kier alpha value is -2.37. The predicted molar refractivity (Wildman–Crippen MR) is 95.2 cm³/mol. The number of benzene rings is 2. The van der Waals surface area contributed by atoms with Gasteiger partial charge < -0.3 is 10.2 Å². The number of rotatable bonds is 9. The first-order valence-electron chi connectivity index (χ1n) is 8.16. The van der Waals surface area contributed by atoms with Gasteiger partial charge in [-0.2, -0.15) is 0 Å². The molecule has 0 unspecified atom stereocenters. The van der Waals surface area contributed by atoms with Gasteiger partial charge in [-0.25, -0.2) is 10.3 Å². The first kappa shape index (κ1) is 18.0. The minimum absolute atomic E-state index is 0.309. The molecule has 2 rings (SSSR count). The Bertz CT molecular complexity index is 590. The lowest BCUT2D eigenvalue weighted by Crippen LogP contribution is -2.36. The van der Waals surface area contributed by atoms with E-state index in [0.29, 0.717) is 13.2 Å². The van der Waals surface area contributed by atoms with E-state index in [1.54, 1.807) is 0 Å². The first-order chi connectivity index (χ1) is 11.7. The highest BCUT2D eigenvalue weighted by atomic mass is 16.7. The van der Waals surface area contributed by atoms with Crippen molar-refractivity contribution in [3.63, 3.8) is 0 Å². The van der Waals surface area contributed by atoms with Crippen LogP contribution in [0.5, 0.6) is 0 Å². The summed E-state index contributed by atoms with van der Waals surface area (Å²) in [6.45, 7) is 2.79. The van der Waals surface area contributed by atoms with Crippen LogP contribution in [0.2, 0.25) is 0 Å². The average molecular weight is 327 g/mol. The number of nitrogens with zero attached hydrogens (tertiary/aromatic N) is 1. The summed E-state index contributed by atoms with van der Waals surface area (Å²) in [7, 11) is 2.08. The summed E-state index contributed by atoms with van der Waals surface area (Å²) in [5.41, 5.74) is 4.70. The van der Waals surface area contributed by atoms with Crippen LogP contribution in [-0.4, -0.2) is 31.1 Å². The van der Waals surface area contributed by atoms with Crippen molar-refractivity contribution >= 4 is 6.03 Å². The molecule has 2 aromatic carbocycles. The molecule has 0 spiro atoms. The maximum absolute atomic E-state index is 11.6. The van der Waals surface area contributed by atoms with Crippen LogP contribution in [0.1, 0.15) is 17.5 Å². The Morgan fingerprint density at radius 2 is 1.62 bits per heavy atom. The van der Waals surface area contributed by atoms with Gasteiger partial charge in [-0.3, -0.25) is 4.84 Å². The molecule has 0 atom stereocenters. The highest BCUT2D eigenvalue weighted by molar-refractivity contribution is 5.72. The number of carbonyl (C=O) groups excluding carboxylic acids is 1. The van der Waals surface area contributed by atoms with Gasteiger partial charge in [0.05, 0.1) is 6.61 Å². The van der Waals surface area contributed by atoms with Crippen LogP contribution in [0.4, 0.5) is 4.79 Å². The third-order valence-corrected chi connectivity index (χ3v) is 3.54. The number of nitrogens with one attached hydrogen (secondary N) is 2. The summed E-state index contributed by atoms with van der Waals surface area (Å²) in [6.07, 6.45) is 0.884. The molecule has 5 heteroatoms. The van der Waals surface area contributed by atoms with Crippen LogP contribution < -0.4 is 10.8 Å². The quantitative estimate of drug-likeness (QED) is 0.550. The fraction of sp³-hybridized carbons (Fsp3) is 0.316. The maximum Gasteiger partial charge on any atom is 0.338 e. The Kier molecular flexibility index (Phi) is 7.80. The van der Waals surface area contributed by atoms with Gasteiger partial charge in [0.1, 0.15) is 0 Å². The number of amides is 2. The van der Waals surface area contributed by atoms with Crippen molar-refractivity contribution in [2.45, 2.75) is 19.6 Å². The summed E-state index contributed by atoms with van der Waals surface area (Å²) in [6, 6.07) is 19.7. The molecule has 0 saturated carbocycles. The Labute approximate surface area is 143 Å². The standard InChI is InChI=1S/C19H25N3O2/c1-22(15-17-9-4-2-5-10-17)14-8-13-20-19(23)21-24-16-18-11-6-3-7-12-18/h2-7,9-12H,8,13-16H2,1H3,(H2,20,21,23). The number of hydroxylamine groups is 1. The summed E-state index contributed by atoms with van der Waals surface area (Å²) in [5, 5.41) is 2.79. The van der Waals surface area contributed by atoms with E-state index in [2.05, 4.69) is 34.9 Å². The van der Waals surface area contributed by atoms with E-state index in [0.717, 1.165) is 25.1 Å². The lowest BCUT2D eigenvalue weighted by Gasteiger charge is -2.16. The van der Waals surface area contributed by atoms with Crippen LogP contribution >= 0.6 is 0 Å². The first-order valence-corrected chi connectivity index (χ1v) is 8.16. The molecule has 0 bridgehead atoms. The molecule has 2 amide bonds. The van der Waals surface area contributed by atoms with E-state index in [1.807, 2.05) is 48.5 Å². The third kappa shape index (κ3) is 7.26. The van der Waals surface area contributed by atoms with Crippen molar-refractivity contribution in [2.75, 3.05) is 20.1 Å². The Balaban J connectivity index is 1.51. The molecule has 0 aliphatic rings. The second-order valence-electron chi connectivity index (χ2n) is 5.71. The molecule has 0 fully saturated rings. The third-order valence-electron chi connectivity index (χ3n) is 3.54. The zero-order valence-corrected chi connectivity index (χ0v) is 14.1. The van der Waals surface area contributed by atoms with Crippen LogP contribution in [0, 0.1) is 0 Å². The zero-order valence-electron chi connectivity index (χ0n) is 14.1. The van der Waals surface area contributed by atoms with Crippen LogP contribution in [-0.2, 0) is 18.0 Å². The van der Waals surface area contributed by atoms with Crippen molar-refractivity contribution in [3.8, 4) is 0 Å². The molecule has 2 N–H and O–H groups in total. The van der Waals surface area contributed by atoms with Gasteiger partial charge in [0, 0.05) is 13.1 Å².